The number of benzene rings is 1. The second-order valence-corrected chi connectivity index (χ2v) is 11.9. The summed E-state index contributed by atoms with van der Waals surface area (Å²) in [4.78, 5) is 0. The van der Waals surface area contributed by atoms with Crippen molar-refractivity contribution < 1.29 is 21.7 Å². The second-order valence-electron chi connectivity index (χ2n) is 9.82. The molecule has 0 aromatic heterocycles. The minimum atomic E-state index is -3.87. The van der Waals surface area contributed by atoms with Crippen LogP contribution in [0.25, 0.3) is 0 Å². The molecule has 1 aromatic rings. The van der Waals surface area contributed by atoms with Gasteiger partial charge in [-0.15, -0.1) is 0 Å². The molecule has 2 unspecified atom stereocenters. The fraction of sp³-hybridized carbons (Fsp3) is 0.769. The highest BCUT2D eigenvalue weighted by Crippen LogP contribution is 2.48. The van der Waals surface area contributed by atoms with E-state index in [2.05, 4.69) is 26.0 Å². The maximum atomic E-state index is 14.1. The molecule has 2 fully saturated rings. The Morgan fingerprint density at radius 1 is 1.06 bits per heavy atom. The summed E-state index contributed by atoms with van der Waals surface area (Å²) in [7, 11) is 0. The monoisotopic (exact) mass is 502 g/mol. The van der Waals surface area contributed by atoms with Crippen LogP contribution in [-0.2, 0) is 11.1 Å². The highest BCUT2D eigenvalue weighted by atomic mass is 32.2. The zero-order valence-corrected chi connectivity index (χ0v) is 21.8. The normalized spacial score (nSPS) is 20.5. The van der Waals surface area contributed by atoms with Crippen molar-refractivity contribution in [1.82, 2.24) is 0 Å². The molecule has 0 radical (unpaired) electrons. The highest BCUT2D eigenvalue weighted by molar-refractivity contribution is 8.07. The van der Waals surface area contributed by atoms with Gasteiger partial charge < -0.3 is 8.74 Å². The molecule has 188 valence electrons. The number of alkyl halides is 2. The molecule has 7 heteroatoms. The standard InChI is InChI=1S/C26H40F2O3S2/c1-3-5-12-19(4-2)23-17-22(20-13-8-6-9-14-20)18-24(21-15-10-7-11-16-21)25(23)31-32-26(27,28)33(29)30/h17-21H,3-16H2,1-2H3,(H,29,30). The lowest BCUT2D eigenvalue weighted by molar-refractivity contribution is 0.186. The summed E-state index contributed by atoms with van der Waals surface area (Å²) < 4.78 is 50.3. The van der Waals surface area contributed by atoms with Crippen molar-refractivity contribution >= 4 is 23.1 Å². The van der Waals surface area contributed by atoms with E-state index in [-0.39, 0.29) is 18.0 Å². The Bertz CT molecular complexity index is 775. The van der Waals surface area contributed by atoms with Gasteiger partial charge in [0.1, 0.15) is 17.8 Å². The van der Waals surface area contributed by atoms with Crippen LogP contribution in [0, 0.1) is 0 Å². The summed E-state index contributed by atoms with van der Waals surface area (Å²) in [6.45, 7) is 4.32. The van der Waals surface area contributed by atoms with Crippen molar-refractivity contribution in [3.63, 3.8) is 0 Å². The predicted molar refractivity (Wildman–Crippen MR) is 135 cm³/mol. The van der Waals surface area contributed by atoms with Gasteiger partial charge in [0.05, 0.1) is 0 Å². The summed E-state index contributed by atoms with van der Waals surface area (Å²) in [5, 5.41) is 0. The molecule has 2 aliphatic carbocycles. The van der Waals surface area contributed by atoms with Crippen molar-refractivity contribution in [2.24, 2.45) is 0 Å². The van der Waals surface area contributed by atoms with Gasteiger partial charge in [-0.2, -0.15) is 8.78 Å². The van der Waals surface area contributed by atoms with Crippen LogP contribution in [0.15, 0.2) is 12.1 Å². The zero-order chi connectivity index (χ0) is 23.8. The van der Waals surface area contributed by atoms with E-state index in [9.17, 15) is 13.0 Å². The molecule has 3 rings (SSSR count). The number of unbranched alkanes of at least 4 members (excludes halogenated alkanes) is 1. The SMILES string of the molecule is CCCCC(CC)c1cc(C2CCCCC2)cc(C2CCCCC2)c1OSC(F)(F)S(=O)O. The molecule has 2 saturated carbocycles. The Balaban J connectivity index is 2.08. The first kappa shape index (κ1) is 26.9. The van der Waals surface area contributed by atoms with Gasteiger partial charge in [-0.25, -0.2) is 4.21 Å². The third-order valence-electron chi connectivity index (χ3n) is 7.55. The topological polar surface area (TPSA) is 46.5 Å². The molecule has 33 heavy (non-hydrogen) atoms. The van der Waals surface area contributed by atoms with E-state index in [1.165, 1.54) is 44.1 Å². The average molecular weight is 503 g/mol. The molecule has 0 saturated heterocycles. The van der Waals surface area contributed by atoms with Crippen molar-refractivity contribution in [3.05, 3.63) is 28.8 Å². The first-order chi connectivity index (χ1) is 15.9. The van der Waals surface area contributed by atoms with Crippen molar-refractivity contribution in [1.29, 1.82) is 0 Å². The van der Waals surface area contributed by atoms with Gasteiger partial charge in [0.15, 0.2) is 0 Å². The minimum Gasteiger partial charge on any atom is -0.418 e. The summed E-state index contributed by atoms with van der Waals surface area (Å²) >= 11 is -3.45. The van der Waals surface area contributed by atoms with E-state index < -0.39 is 15.7 Å². The Morgan fingerprint density at radius 3 is 2.21 bits per heavy atom. The minimum absolute atomic E-state index is 0.158. The van der Waals surface area contributed by atoms with Crippen LogP contribution in [0.4, 0.5) is 8.78 Å². The molecule has 1 N–H and O–H groups in total. The van der Waals surface area contributed by atoms with Gasteiger partial charge >= 0.3 is 4.59 Å². The first-order valence-electron chi connectivity index (χ1n) is 12.9. The van der Waals surface area contributed by atoms with E-state index in [0.29, 0.717) is 17.6 Å². The molecule has 2 aliphatic rings. The average Bonchev–Trinajstić information content (AvgIpc) is 2.84. The van der Waals surface area contributed by atoms with Crippen LogP contribution in [0.5, 0.6) is 5.75 Å². The van der Waals surface area contributed by atoms with Gasteiger partial charge in [-0.1, -0.05) is 77.3 Å². The van der Waals surface area contributed by atoms with E-state index in [4.69, 9.17) is 8.74 Å². The summed E-state index contributed by atoms with van der Waals surface area (Å²) in [6, 6.07) is 4.47. The molecule has 2 atom stereocenters. The number of rotatable bonds is 11. The maximum Gasteiger partial charge on any atom is 0.427 e. The Morgan fingerprint density at radius 2 is 1.67 bits per heavy atom. The number of halogens is 2. The second kappa shape index (κ2) is 12.9. The summed E-state index contributed by atoms with van der Waals surface area (Å²) in [6.07, 6.45) is 15.8. The van der Waals surface area contributed by atoms with Crippen LogP contribution in [-0.4, -0.2) is 13.3 Å². The van der Waals surface area contributed by atoms with E-state index >= 15 is 0 Å². The first-order valence-corrected chi connectivity index (χ1v) is 14.7. The smallest absolute Gasteiger partial charge is 0.418 e. The van der Waals surface area contributed by atoms with Gasteiger partial charge in [0.25, 0.3) is 0 Å². The Labute approximate surface area is 205 Å². The van der Waals surface area contributed by atoms with Crippen LogP contribution >= 0.6 is 12.0 Å². The lowest BCUT2D eigenvalue weighted by Crippen LogP contribution is -2.20. The van der Waals surface area contributed by atoms with E-state index in [1.54, 1.807) is 0 Å². The van der Waals surface area contributed by atoms with Crippen LogP contribution < -0.4 is 4.18 Å². The van der Waals surface area contributed by atoms with Gasteiger partial charge in [-0.05, 0) is 73.0 Å². The molecule has 0 aliphatic heterocycles. The quantitative estimate of drug-likeness (QED) is 0.242. The predicted octanol–water partition coefficient (Wildman–Crippen LogP) is 9.26. The lowest BCUT2D eigenvalue weighted by Gasteiger charge is -2.31. The summed E-state index contributed by atoms with van der Waals surface area (Å²) in [5.41, 5.74) is 3.42. The van der Waals surface area contributed by atoms with Crippen LogP contribution in [0.1, 0.15) is 138 Å². The Kier molecular flexibility index (Phi) is 10.5. The van der Waals surface area contributed by atoms with Gasteiger partial charge in [0, 0.05) is 0 Å². The van der Waals surface area contributed by atoms with Crippen molar-refractivity contribution in [2.75, 3.05) is 0 Å². The highest BCUT2D eigenvalue weighted by Gasteiger charge is 2.41. The number of hydrogen-bond acceptors (Lipinski definition) is 3. The number of hydrogen-bond donors (Lipinski definition) is 1. The Hall–Kier alpha value is -0.660. The van der Waals surface area contributed by atoms with Crippen molar-refractivity contribution in [3.8, 4) is 5.75 Å². The van der Waals surface area contributed by atoms with Crippen molar-refractivity contribution in [2.45, 2.75) is 126 Å². The largest absolute Gasteiger partial charge is 0.427 e. The maximum absolute atomic E-state index is 14.1. The van der Waals surface area contributed by atoms with Crippen LogP contribution in [0.3, 0.4) is 0 Å². The fourth-order valence-electron chi connectivity index (χ4n) is 5.64. The van der Waals surface area contributed by atoms with E-state index in [1.807, 2.05) is 0 Å². The molecular weight excluding hydrogens is 462 g/mol. The molecule has 3 nitrogen and oxygen atoms in total. The lowest BCUT2D eigenvalue weighted by atomic mass is 9.76. The molecule has 0 spiro atoms. The summed E-state index contributed by atoms with van der Waals surface area (Å²) in [5.74, 6) is 1.60. The molecule has 0 bridgehead atoms. The zero-order valence-electron chi connectivity index (χ0n) is 20.1. The fourth-order valence-corrected chi connectivity index (χ4v) is 6.34. The third-order valence-corrected chi connectivity index (χ3v) is 9.04. The van der Waals surface area contributed by atoms with E-state index in [0.717, 1.165) is 62.5 Å². The van der Waals surface area contributed by atoms with Crippen LogP contribution in [0.2, 0.25) is 0 Å². The molecule has 0 amide bonds. The van der Waals surface area contributed by atoms with Gasteiger partial charge in [-0.3, -0.25) is 0 Å². The molecular formula is C26H40F2O3S2. The van der Waals surface area contributed by atoms with Gasteiger partial charge in [0.2, 0.25) is 11.1 Å². The molecule has 1 aromatic carbocycles. The molecule has 0 heterocycles. The third kappa shape index (κ3) is 7.17.